The maximum atomic E-state index is 11.3. The van der Waals surface area contributed by atoms with E-state index in [0.717, 1.165) is 18.9 Å². The van der Waals surface area contributed by atoms with Crippen LogP contribution in [0.1, 0.15) is 48.9 Å². The highest BCUT2D eigenvalue weighted by Crippen LogP contribution is 2.28. The van der Waals surface area contributed by atoms with Gasteiger partial charge in [-0.1, -0.05) is 25.7 Å². The first-order valence-electron chi connectivity index (χ1n) is 6.96. The molecule has 1 amide bonds. The van der Waals surface area contributed by atoms with E-state index in [9.17, 15) is 4.79 Å². The smallest absolute Gasteiger partial charge is 0.250 e. The zero-order valence-corrected chi connectivity index (χ0v) is 11.2. The van der Waals surface area contributed by atoms with E-state index < -0.39 is 5.91 Å². The number of primary amides is 1. The molecule has 19 heavy (non-hydrogen) atoms. The predicted octanol–water partition coefficient (Wildman–Crippen LogP) is 2.14. The Kier molecular flexibility index (Phi) is 4.60. The highest BCUT2D eigenvalue weighted by molar-refractivity contribution is 5.98. The predicted molar refractivity (Wildman–Crippen MR) is 76.8 cm³/mol. The summed E-state index contributed by atoms with van der Waals surface area (Å²) < 4.78 is 0. The van der Waals surface area contributed by atoms with Crippen LogP contribution < -0.4 is 16.8 Å². The first kappa shape index (κ1) is 13.6. The van der Waals surface area contributed by atoms with Crippen molar-refractivity contribution in [2.24, 2.45) is 11.7 Å². The molecule has 1 aromatic rings. The highest BCUT2D eigenvalue weighted by atomic mass is 16.1. The second-order valence-electron chi connectivity index (χ2n) is 5.24. The maximum Gasteiger partial charge on any atom is 0.250 e. The minimum Gasteiger partial charge on any atom is -0.384 e. The zero-order chi connectivity index (χ0) is 13.7. The Morgan fingerprint density at radius 3 is 2.84 bits per heavy atom. The Bertz CT molecular complexity index is 441. The molecule has 104 valence electrons. The van der Waals surface area contributed by atoms with Crippen LogP contribution in [0, 0.1) is 5.92 Å². The van der Waals surface area contributed by atoms with Crippen molar-refractivity contribution in [2.45, 2.75) is 38.5 Å². The van der Waals surface area contributed by atoms with Gasteiger partial charge in [0.2, 0.25) is 0 Å². The quantitative estimate of drug-likeness (QED) is 0.685. The van der Waals surface area contributed by atoms with E-state index in [1.165, 1.54) is 38.2 Å². The van der Waals surface area contributed by atoms with Gasteiger partial charge in [0.25, 0.3) is 5.91 Å². The van der Waals surface area contributed by atoms with Crippen LogP contribution in [0.3, 0.4) is 0 Å². The molecule has 1 aliphatic carbocycles. The lowest BCUT2D eigenvalue weighted by atomic mass is 10.0. The van der Waals surface area contributed by atoms with E-state index in [4.69, 9.17) is 11.5 Å². The number of amides is 1. The van der Waals surface area contributed by atoms with Crippen LogP contribution in [0.15, 0.2) is 12.3 Å². The molecule has 0 aromatic carbocycles. The summed E-state index contributed by atoms with van der Waals surface area (Å²) in [5.41, 5.74) is 12.0. The molecule has 0 spiro atoms. The summed E-state index contributed by atoms with van der Waals surface area (Å²) in [5, 5.41) is 3.23. The van der Waals surface area contributed by atoms with Crippen molar-refractivity contribution >= 4 is 17.4 Å². The number of carbonyl (C=O) groups is 1. The number of pyridine rings is 1. The van der Waals surface area contributed by atoms with Crippen LogP contribution in [0.25, 0.3) is 0 Å². The molecule has 5 N–H and O–H groups in total. The molecule has 1 aliphatic rings. The number of nitrogens with zero attached hydrogens (tertiary/aromatic N) is 1. The Hall–Kier alpha value is -1.78. The van der Waals surface area contributed by atoms with E-state index in [0.29, 0.717) is 17.1 Å². The van der Waals surface area contributed by atoms with Gasteiger partial charge in [0.1, 0.15) is 5.82 Å². The number of nitrogen functional groups attached to an aromatic ring is 1. The summed E-state index contributed by atoms with van der Waals surface area (Å²) in [6.45, 7) is 0.836. The molecule has 0 atom stereocenters. The van der Waals surface area contributed by atoms with Gasteiger partial charge >= 0.3 is 0 Å². The summed E-state index contributed by atoms with van der Waals surface area (Å²) in [7, 11) is 0. The molecule has 1 aromatic heterocycles. The molecule has 0 unspecified atom stereocenters. The van der Waals surface area contributed by atoms with Crippen molar-refractivity contribution in [1.82, 2.24) is 4.98 Å². The lowest BCUT2D eigenvalue weighted by molar-refractivity contribution is 0.100. The van der Waals surface area contributed by atoms with Gasteiger partial charge in [0.15, 0.2) is 0 Å². The summed E-state index contributed by atoms with van der Waals surface area (Å²) >= 11 is 0. The van der Waals surface area contributed by atoms with Crippen LogP contribution >= 0.6 is 0 Å². The first-order valence-corrected chi connectivity index (χ1v) is 6.96. The highest BCUT2D eigenvalue weighted by Gasteiger charge is 2.14. The molecular weight excluding hydrogens is 240 g/mol. The van der Waals surface area contributed by atoms with Gasteiger partial charge in [0.05, 0.1) is 17.4 Å². The summed E-state index contributed by atoms with van der Waals surface area (Å²) in [6.07, 6.45) is 9.43. The molecule has 1 heterocycles. The third-order valence-electron chi connectivity index (χ3n) is 3.77. The molecule has 0 saturated heterocycles. The number of rotatable bonds is 6. The van der Waals surface area contributed by atoms with Gasteiger partial charge in [0, 0.05) is 6.54 Å². The standard InChI is InChI=1S/C14H22N4O/c15-13-8-11(14(16)19)12(9-18-13)17-7-3-6-10-4-1-2-5-10/h8-10,17H,1-7H2,(H2,15,18)(H2,16,19). The molecule has 1 saturated carbocycles. The average Bonchev–Trinajstić information content (AvgIpc) is 2.89. The molecule has 1 fully saturated rings. The molecule has 0 bridgehead atoms. The molecule has 0 radical (unpaired) electrons. The Balaban J connectivity index is 1.83. The summed E-state index contributed by atoms with van der Waals surface area (Å²) in [4.78, 5) is 15.3. The van der Waals surface area contributed by atoms with E-state index in [1.807, 2.05) is 0 Å². The van der Waals surface area contributed by atoms with Gasteiger partial charge in [-0.25, -0.2) is 4.98 Å². The van der Waals surface area contributed by atoms with Gasteiger partial charge in [-0.05, 0) is 24.8 Å². The van der Waals surface area contributed by atoms with Gasteiger partial charge in [-0.3, -0.25) is 4.79 Å². The molecular formula is C14H22N4O. The van der Waals surface area contributed by atoms with Crippen molar-refractivity contribution in [3.63, 3.8) is 0 Å². The largest absolute Gasteiger partial charge is 0.384 e. The average molecular weight is 262 g/mol. The van der Waals surface area contributed by atoms with Gasteiger partial charge in [-0.2, -0.15) is 0 Å². The Labute approximate surface area is 113 Å². The van der Waals surface area contributed by atoms with Crippen LogP contribution in [0.2, 0.25) is 0 Å². The van der Waals surface area contributed by atoms with Crippen LogP contribution in [0.4, 0.5) is 11.5 Å². The number of anilines is 2. The number of aromatic nitrogens is 1. The van der Waals surface area contributed by atoms with Crippen molar-refractivity contribution in [3.05, 3.63) is 17.8 Å². The molecule has 5 heteroatoms. The second kappa shape index (κ2) is 6.41. The normalized spacial score (nSPS) is 15.6. The number of hydrogen-bond acceptors (Lipinski definition) is 4. The molecule has 2 rings (SSSR count). The second-order valence-corrected chi connectivity index (χ2v) is 5.24. The first-order chi connectivity index (χ1) is 9.16. The van der Waals surface area contributed by atoms with Gasteiger partial charge < -0.3 is 16.8 Å². The number of nitrogens with one attached hydrogen (secondary N) is 1. The molecule has 5 nitrogen and oxygen atoms in total. The van der Waals surface area contributed by atoms with Crippen LogP contribution in [-0.4, -0.2) is 17.4 Å². The van der Waals surface area contributed by atoms with Crippen molar-refractivity contribution in [1.29, 1.82) is 0 Å². The van der Waals surface area contributed by atoms with Crippen molar-refractivity contribution in [2.75, 3.05) is 17.6 Å². The van der Waals surface area contributed by atoms with E-state index in [1.54, 1.807) is 6.20 Å². The van der Waals surface area contributed by atoms with Crippen LogP contribution in [-0.2, 0) is 0 Å². The summed E-state index contributed by atoms with van der Waals surface area (Å²) in [6, 6.07) is 1.52. The lowest BCUT2D eigenvalue weighted by Crippen LogP contribution is -2.16. The fourth-order valence-electron chi connectivity index (χ4n) is 2.73. The fourth-order valence-corrected chi connectivity index (χ4v) is 2.73. The minimum absolute atomic E-state index is 0.310. The molecule has 0 aliphatic heterocycles. The van der Waals surface area contributed by atoms with Crippen molar-refractivity contribution < 1.29 is 4.79 Å². The SMILES string of the molecule is NC(=O)c1cc(N)ncc1NCCCC1CCCC1. The van der Waals surface area contributed by atoms with Crippen LogP contribution in [0.5, 0.6) is 0 Å². The Morgan fingerprint density at radius 1 is 1.42 bits per heavy atom. The number of nitrogens with two attached hydrogens (primary N) is 2. The minimum atomic E-state index is -0.479. The monoisotopic (exact) mass is 262 g/mol. The summed E-state index contributed by atoms with van der Waals surface area (Å²) in [5.74, 6) is 0.722. The van der Waals surface area contributed by atoms with E-state index >= 15 is 0 Å². The van der Waals surface area contributed by atoms with Gasteiger partial charge in [-0.15, -0.1) is 0 Å². The number of hydrogen-bond donors (Lipinski definition) is 3. The lowest BCUT2D eigenvalue weighted by Gasteiger charge is -2.12. The Morgan fingerprint density at radius 2 is 2.16 bits per heavy atom. The zero-order valence-electron chi connectivity index (χ0n) is 11.2. The van der Waals surface area contributed by atoms with E-state index in [2.05, 4.69) is 10.3 Å². The van der Waals surface area contributed by atoms with E-state index in [-0.39, 0.29) is 0 Å². The third kappa shape index (κ3) is 3.84. The third-order valence-corrected chi connectivity index (χ3v) is 3.77. The van der Waals surface area contributed by atoms with Crippen molar-refractivity contribution in [3.8, 4) is 0 Å². The topological polar surface area (TPSA) is 94.0 Å². The number of carbonyl (C=O) groups excluding carboxylic acids is 1. The fraction of sp³-hybridized carbons (Fsp3) is 0.571. The maximum absolute atomic E-state index is 11.3.